The zero-order valence-corrected chi connectivity index (χ0v) is 17.0. The number of benzene rings is 1. The van der Waals surface area contributed by atoms with Gasteiger partial charge in [0.15, 0.2) is 0 Å². The number of para-hydroxylation sites is 1. The van der Waals surface area contributed by atoms with Gasteiger partial charge in [-0.2, -0.15) is 13.2 Å². The minimum absolute atomic E-state index is 0.241. The summed E-state index contributed by atoms with van der Waals surface area (Å²) in [6.45, 7) is 7.81. The number of halogens is 3. The van der Waals surface area contributed by atoms with E-state index in [2.05, 4.69) is 5.32 Å². The topological polar surface area (TPSA) is 61.9 Å². The minimum atomic E-state index is -4.55. The van der Waals surface area contributed by atoms with Crippen LogP contribution in [0.25, 0.3) is 0 Å². The molecule has 1 atom stereocenters. The second-order valence-corrected chi connectivity index (χ2v) is 7.56. The lowest BCUT2D eigenvalue weighted by molar-refractivity contribution is -0.137. The third-order valence-corrected chi connectivity index (χ3v) is 4.75. The Hall–Kier alpha value is -2.29. The number of hydrogen-bond acceptors (Lipinski definition) is 4. The number of nitrogens with zero attached hydrogens (tertiary/aromatic N) is 2. The Labute approximate surface area is 169 Å². The quantitative estimate of drug-likeness (QED) is 0.794. The van der Waals surface area contributed by atoms with Gasteiger partial charge in [0.25, 0.3) is 0 Å². The molecule has 1 aliphatic heterocycles. The van der Waals surface area contributed by atoms with Crippen LogP contribution in [-0.2, 0) is 15.7 Å². The van der Waals surface area contributed by atoms with Crippen molar-refractivity contribution in [1.82, 2.24) is 9.80 Å². The van der Waals surface area contributed by atoms with Crippen LogP contribution in [0.3, 0.4) is 0 Å². The van der Waals surface area contributed by atoms with Crippen LogP contribution in [0.4, 0.5) is 23.7 Å². The maximum atomic E-state index is 13.1. The lowest BCUT2D eigenvalue weighted by Gasteiger charge is -2.27. The molecule has 9 heteroatoms. The maximum absolute atomic E-state index is 13.1. The largest absolute Gasteiger partial charge is 0.449 e. The van der Waals surface area contributed by atoms with E-state index in [1.54, 1.807) is 11.8 Å². The molecule has 1 N–H and O–H groups in total. The van der Waals surface area contributed by atoms with Gasteiger partial charge in [0.05, 0.1) is 23.9 Å². The Morgan fingerprint density at radius 1 is 1.10 bits per heavy atom. The van der Waals surface area contributed by atoms with Crippen molar-refractivity contribution in [1.29, 1.82) is 0 Å². The van der Waals surface area contributed by atoms with E-state index in [4.69, 9.17) is 4.74 Å². The zero-order chi connectivity index (χ0) is 21.6. The van der Waals surface area contributed by atoms with E-state index >= 15 is 0 Å². The number of ether oxygens (including phenoxy) is 1. The van der Waals surface area contributed by atoms with Crippen molar-refractivity contribution in [2.24, 2.45) is 5.92 Å². The van der Waals surface area contributed by atoms with E-state index in [0.717, 1.165) is 6.07 Å². The summed E-state index contributed by atoms with van der Waals surface area (Å²) in [5.41, 5.74) is -1.14. The van der Waals surface area contributed by atoms with E-state index in [9.17, 15) is 22.8 Å². The van der Waals surface area contributed by atoms with Gasteiger partial charge in [-0.25, -0.2) is 4.79 Å². The fourth-order valence-electron chi connectivity index (χ4n) is 3.08. The highest BCUT2D eigenvalue weighted by Crippen LogP contribution is 2.34. The highest BCUT2D eigenvalue weighted by molar-refractivity contribution is 5.95. The molecule has 2 rings (SSSR count). The van der Waals surface area contributed by atoms with Crippen LogP contribution in [0, 0.1) is 5.92 Å². The molecule has 0 aliphatic carbocycles. The van der Waals surface area contributed by atoms with Crippen LogP contribution in [-0.4, -0.2) is 60.6 Å². The summed E-state index contributed by atoms with van der Waals surface area (Å²) >= 11 is 0. The first-order valence-electron chi connectivity index (χ1n) is 9.72. The van der Waals surface area contributed by atoms with Crippen LogP contribution < -0.4 is 5.32 Å². The summed E-state index contributed by atoms with van der Waals surface area (Å²) < 4.78 is 44.6. The molecule has 1 fully saturated rings. The number of hydrogen-bond donors (Lipinski definition) is 1. The van der Waals surface area contributed by atoms with Crippen LogP contribution in [0.15, 0.2) is 24.3 Å². The molecule has 0 spiro atoms. The summed E-state index contributed by atoms with van der Waals surface area (Å²) in [6.07, 6.45) is -4.28. The molecule has 2 amide bonds. The Balaban J connectivity index is 1.96. The molecule has 1 aliphatic rings. The first-order valence-corrected chi connectivity index (χ1v) is 9.72. The lowest BCUT2D eigenvalue weighted by Crippen LogP contribution is -2.44. The van der Waals surface area contributed by atoms with Gasteiger partial charge in [-0.3, -0.25) is 9.69 Å². The number of carbonyl (C=O) groups is 2. The molecule has 1 aromatic rings. The SMILES string of the molecule is CC(C)COC(=O)N1CCCN(C(C)C(=O)Nc2ccccc2C(F)(F)F)CC1. The van der Waals surface area contributed by atoms with Gasteiger partial charge in [-0.15, -0.1) is 0 Å². The third kappa shape index (κ3) is 6.62. The van der Waals surface area contributed by atoms with Crippen LogP contribution in [0.5, 0.6) is 0 Å². The van der Waals surface area contributed by atoms with Crippen molar-refractivity contribution in [2.75, 3.05) is 38.1 Å². The summed E-state index contributed by atoms with van der Waals surface area (Å²) in [6, 6.07) is 4.27. The highest BCUT2D eigenvalue weighted by Gasteiger charge is 2.34. The molecule has 0 radical (unpaired) electrons. The first-order chi connectivity index (χ1) is 13.6. The Morgan fingerprint density at radius 3 is 2.45 bits per heavy atom. The Kier molecular flexibility index (Phi) is 7.89. The Bertz CT molecular complexity index is 710. The normalized spacial score (nSPS) is 17.0. The molecule has 1 aromatic carbocycles. The second-order valence-electron chi connectivity index (χ2n) is 7.56. The number of nitrogens with one attached hydrogen (secondary N) is 1. The number of anilines is 1. The maximum Gasteiger partial charge on any atom is 0.418 e. The van der Waals surface area contributed by atoms with Crippen molar-refractivity contribution >= 4 is 17.7 Å². The molecule has 0 saturated carbocycles. The Morgan fingerprint density at radius 2 is 1.79 bits per heavy atom. The number of amides is 2. The third-order valence-electron chi connectivity index (χ3n) is 4.75. The van der Waals surface area contributed by atoms with Gasteiger partial charge in [0.2, 0.25) is 5.91 Å². The van der Waals surface area contributed by atoms with Crippen LogP contribution >= 0.6 is 0 Å². The molecule has 0 bridgehead atoms. The number of rotatable bonds is 5. The van der Waals surface area contributed by atoms with E-state index in [1.165, 1.54) is 18.2 Å². The monoisotopic (exact) mass is 415 g/mol. The van der Waals surface area contributed by atoms with Gasteiger partial charge >= 0.3 is 12.3 Å². The fraction of sp³-hybridized carbons (Fsp3) is 0.600. The molecule has 1 unspecified atom stereocenters. The average molecular weight is 415 g/mol. The van der Waals surface area contributed by atoms with Crippen LogP contribution in [0.1, 0.15) is 32.8 Å². The van der Waals surface area contributed by atoms with E-state index in [1.807, 2.05) is 18.7 Å². The van der Waals surface area contributed by atoms with Crippen molar-refractivity contribution < 1.29 is 27.5 Å². The summed E-state index contributed by atoms with van der Waals surface area (Å²) in [7, 11) is 0. The molecular formula is C20H28F3N3O3. The van der Waals surface area contributed by atoms with Gasteiger partial charge in [-0.1, -0.05) is 26.0 Å². The standard InChI is InChI=1S/C20H28F3N3O3/c1-14(2)13-29-19(28)26-10-6-9-25(11-12-26)15(3)18(27)24-17-8-5-4-7-16(17)20(21,22)23/h4-5,7-8,14-15H,6,9-13H2,1-3H3,(H,24,27). The summed E-state index contributed by atoms with van der Waals surface area (Å²) in [5, 5.41) is 2.40. The molecule has 1 saturated heterocycles. The molecular weight excluding hydrogens is 387 g/mol. The van der Waals surface area contributed by atoms with Crippen molar-refractivity contribution in [3.05, 3.63) is 29.8 Å². The lowest BCUT2D eigenvalue weighted by atomic mass is 10.1. The zero-order valence-electron chi connectivity index (χ0n) is 17.0. The first kappa shape index (κ1) is 23.0. The molecule has 0 aromatic heterocycles. The smallest absolute Gasteiger partial charge is 0.418 e. The van der Waals surface area contributed by atoms with E-state index in [0.29, 0.717) is 39.2 Å². The van der Waals surface area contributed by atoms with Crippen molar-refractivity contribution in [3.63, 3.8) is 0 Å². The molecule has 6 nitrogen and oxygen atoms in total. The minimum Gasteiger partial charge on any atom is -0.449 e. The fourth-order valence-corrected chi connectivity index (χ4v) is 3.08. The van der Waals surface area contributed by atoms with Crippen molar-refractivity contribution in [3.8, 4) is 0 Å². The van der Waals surface area contributed by atoms with Gasteiger partial charge in [0.1, 0.15) is 0 Å². The number of carbonyl (C=O) groups excluding carboxylic acids is 2. The molecule has 1 heterocycles. The van der Waals surface area contributed by atoms with Gasteiger partial charge in [-0.05, 0) is 31.4 Å². The molecule has 29 heavy (non-hydrogen) atoms. The summed E-state index contributed by atoms with van der Waals surface area (Å²) in [5.74, 6) is -0.275. The number of alkyl halides is 3. The summed E-state index contributed by atoms with van der Waals surface area (Å²) in [4.78, 5) is 28.2. The predicted molar refractivity (Wildman–Crippen MR) is 103 cm³/mol. The van der Waals surface area contributed by atoms with Gasteiger partial charge in [0, 0.05) is 26.2 Å². The molecule has 162 valence electrons. The van der Waals surface area contributed by atoms with Crippen LogP contribution in [0.2, 0.25) is 0 Å². The average Bonchev–Trinajstić information content (AvgIpc) is 2.91. The predicted octanol–water partition coefficient (Wildman–Crippen LogP) is 3.83. The van der Waals surface area contributed by atoms with Crippen molar-refractivity contribution in [2.45, 2.75) is 39.4 Å². The van der Waals surface area contributed by atoms with E-state index < -0.39 is 23.7 Å². The van der Waals surface area contributed by atoms with E-state index in [-0.39, 0.29) is 17.7 Å². The highest BCUT2D eigenvalue weighted by atomic mass is 19.4. The van der Waals surface area contributed by atoms with Gasteiger partial charge < -0.3 is 15.0 Å². The second kappa shape index (κ2) is 9.96.